The molecule has 1 aromatic heterocycles. The molecule has 0 spiro atoms. The molecule has 0 aliphatic heterocycles. The lowest BCUT2D eigenvalue weighted by Crippen LogP contribution is -2.28. The van der Waals surface area contributed by atoms with Crippen LogP contribution in [-0.4, -0.2) is 29.2 Å². The van der Waals surface area contributed by atoms with E-state index >= 15 is 0 Å². The Labute approximate surface area is 116 Å². The fourth-order valence-electron chi connectivity index (χ4n) is 1.72. The number of hydrogen-bond donors (Lipinski definition) is 2. The molecule has 20 heavy (non-hydrogen) atoms. The quantitative estimate of drug-likeness (QED) is 0.618. The minimum absolute atomic E-state index is 0.0968. The van der Waals surface area contributed by atoms with E-state index in [1.165, 1.54) is 6.39 Å². The second-order valence-electron chi connectivity index (χ2n) is 4.24. The first-order chi connectivity index (χ1) is 9.70. The molecular weight excluding hydrogens is 256 g/mol. The number of benzene rings is 1. The van der Waals surface area contributed by atoms with Crippen LogP contribution in [-0.2, 0) is 4.79 Å². The molecule has 1 heterocycles. The van der Waals surface area contributed by atoms with Crippen molar-refractivity contribution in [1.29, 1.82) is 0 Å². The summed E-state index contributed by atoms with van der Waals surface area (Å²) >= 11 is 0. The Morgan fingerprint density at radius 2 is 2.35 bits per heavy atom. The fraction of sp³-hybridized carbons (Fsp3) is 0.214. The molecule has 6 nitrogen and oxygen atoms in total. The molecule has 0 aliphatic rings. The molecule has 0 bridgehead atoms. The summed E-state index contributed by atoms with van der Waals surface area (Å²) in [5, 5.41) is 13.3. The van der Waals surface area contributed by atoms with E-state index in [0.717, 1.165) is 16.8 Å². The molecule has 0 aliphatic carbocycles. The first-order valence-corrected chi connectivity index (χ1v) is 6.19. The second kappa shape index (κ2) is 6.63. The molecule has 6 heteroatoms. The first-order valence-electron chi connectivity index (χ1n) is 6.19. The summed E-state index contributed by atoms with van der Waals surface area (Å²) in [6.45, 7) is 6.33. The van der Waals surface area contributed by atoms with E-state index in [1.807, 2.05) is 25.1 Å². The third kappa shape index (κ3) is 3.52. The van der Waals surface area contributed by atoms with Gasteiger partial charge in [-0.05, 0) is 30.7 Å². The second-order valence-corrected chi connectivity index (χ2v) is 4.24. The summed E-state index contributed by atoms with van der Waals surface area (Å²) in [7, 11) is 0. The zero-order valence-electron chi connectivity index (χ0n) is 11.2. The molecular formula is C14H16N4O2. The molecule has 0 atom stereocenters. The number of aromatic nitrogens is 2. The summed E-state index contributed by atoms with van der Waals surface area (Å²) in [5.41, 5.74) is 2.51. The highest BCUT2D eigenvalue weighted by molar-refractivity contribution is 5.93. The number of anilines is 1. The third-order valence-corrected chi connectivity index (χ3v) is 2.68. The maximum absolute atomic E-state index is 11.7. The first kappa shape index (κ1) is 14.0. The molecule has 0 saturated heterocycles. The van der Waals surface area contributed by atoms with E-state index in [4.69, 9.17) is 4.42 Å². The smallest absolute Gasteiger partial charge is 0.247 e. The number of aryl methyl sites for hydroxylation is 1. The molecule has 0 unspecified atom stereocenters. The molecule has 1 amide bonds. The highest BCUT2D eigenvalue weighted by Gasteiger charge is 2.08. The predicted molar refractivity (Wildman–Crippen MR) is 76.2 cm³/mol. The van der Waals surface area contributed by atoms with Crippen LogP contribution in [0.2, 0.25) is 0 Å². The van der Waals surface area contributed by atoms with Crippen LogP contribution in [0, 0.1) is 6.92 Å². The van der Waals surface area contributed by atoms with Crippen LogP contribution in [0.15, 0.2) is 41.7 Å². The molecule has 2 aromatic rings. The van der Waals surface area contributed by atoms with Crippen LogP contribution in [0.3, 0.4) is 0 Å². The van der Waals surface area contributed by atoms with Gasteiger partial charge in [0.05, 0.1) is 6.54 Å². The Kier molecular flexibility index (Phi) is 4.62. The number of nitrogens with one attached hydrogen (secondary N) is 2. The summed E-state index contributed by atoms with van der Waals surface area (Å²) in [4.78, 5) is 11.7. The van der Waals surface area contributed by atoms with Crippen LogP contribution in [0.25, 0.3) is 11.5 Å². The lowest BCUT2D eigenvalue weighted by Gasteiger charge is -2.09. The van der Waals surface area contributed by atoms with Gasteiger partial charge in [-0.15, -0.1) is 16.8 Å². The average Bonchev–Trinajstić information content (AvgIpc) is 2.95. The molecule has 104 valence electrons. The van der Waals surface area contributed by atoms with Crippen molar-refractivity contribution in [2.24, 2.45) is 0 Å². The van der Waals surface area contributed by atoms with Gasteiger partial charge in [0.25, 0.3) is 0 Å². The molecule has 2 N–H and O–H groups in total. The minimum Gasteiger partial charge on any atom is -0.423 e. The number of carbonyl (C=O) groups is 1. The van der Waals surface area contributed by atoms with E-state index in [2.05, 4.69) is 27.4 Å². The highest BCUT2D eigenvalue weighted by atomic mass is 16.4. The topological polar surface area (TPSA) is 80.0 Å². The Bertz CT molecular complexity index is 593. The van der Waals surface area contributed by atoms with Crippen LogP contribution in [0.1, 0.15) is 5.56 Å². The van der Waals surface area contributed by atoms with Crippen molar-refractivity contribution in [2.45, 2.75) is 6.92 Å². The van der Waals surface area contributed by atoms with E-state index in [-0.39, 0.29) is 12.5 Å². The van der Waals surface area contributed by atoms with Gasteiger partial charge in [0.15, 0.2) is 0 Å². The Morgan fingerprint density at radius 3 is 3.00 bits per heavy atom. The standard InChI is InChI=1S/C14H16N4O2/c1-3-6-15-8-13(19)17-12-5-4-11(7-10(12)2)14-18-16-9-20-14/h3-5,7,9,15H,1,6,8H2,2H3,(H,17,19). The Balaban J connectivity index is 2.03. The van der Waals surface area contributed by atoms with Gasteiger partial charge in [-0.25, -0.2) is 0 Å². The summed E-state index contributed by atoms with van der Waals surface area (Å²) < 4.78 is 5.13. The van der Waals surface area contributed by atoms with E-state index in [9.17, 15) is 4.79 Å². The summed E-state index contributed by atoms with van der Waals surface area (Å²) in [6.07, 6.45) is 2.99. The van der Waals surface area contributed by atoms with E-state index in [1.54, 1.807) is 6.08 Å². The van der Waals surface area contributed by atoms with Crippen molar-refractivity contribution in [3.8, 4) is 11.5 Å². The maximum Gasteiger partial charge on any atom is 0.247 e. The Morgan fingerprint density at radius 1 is 1.50 bits per heavy atom. The largest absolute Gasteiger partial charge is 0.423 e. The van der Waals surface area contributed by atoms with Crippen molar-refractivity contribution in [3.63, 3.8) is 0 Å². The monoisotopic (exact) mass is 272 g/mol. The summed E-state index contributed by atoms with van der Waals surface area (Å²) in [5.74, 6) is 0.360. The number of nitrogens with zero attached hydrogens (tertiary/aromatic N) is 2. The lowest BCUT2D eigenvalue weighted by molar-refractivity contribution is -0.115. The SMILES string of the molecule is C=CCNCC(=O)Nc1ccc(-c2nnco2)cc1C. The number of carbonyl (C=O) groups excluding carboxylic acids is 1. The highest BCUT2D eigenvalue weighted by Crippen LogP contribution is 2.23. The average molecular weight is 272 g/mol. The number of hydrogen-bond acceptors (Lipinski definition) is 5. The van der Waals surface area contributed by atoms with Gasteiger partial charge >= 0.3 is 0 Å². The molecule has 0 radical (unpaired) electrons. The molecule has 0 saturated carbocycles. The molecule has 0 fully saturated rings. The van der Waals surface area contributed by atoms with Crippen molar-refractivity contribution in [2.75, 3.05) is 18.4 Å². The van der Waals surface area contributed by atoms with E-state index < -0.39 is 0 Å². The van der Waals surface area contributed by atoms with Crippen LogP contribution in [0.5, 0.6) is 0 Å². The van der Waals surface area contributed by atoms with Gasteiger partial charge in [0.1, 0.15) is 0 Å². The summed E-state index contributed by atoms with van der Waals surface area (Å²) in [6, 6.07) is 5.54. The van der Waals surface area contributed by atoms with Crippen molar-refractivity contribution >= 4 is 11.6 Å². The van der Waals surface area contributed by atoms with Gasteiger partial charge in [0.2, 0.25) is 18.2 Å². The van der Waals surface area contributed by atoms with Gasteiger partial charge in [0, 0.05) is 17.8 Å². The van der Waals surface area contributed by atoms with Crippen molar-refractivity contribution in [3.05, 3.63) is 42.8 Å². The zero-order valence-corrected chi connectivity index (χ0v) is 11.2. The lowest BCUT2D eigenvalue weighted by atomic mass is 10.1. The fourth-order valence-corrected chi connectivity index (χ4v) is 1.72. The van der Waals surface area contributed by atoms with Gasteiger partial charge in [-0.3, -0.25) is 4.79 Å². The van der Waals surface area contributed by atoms with Crippen molar-refractivity contribution in [1.82, 2.24) is 15.5 Å². The van der Waals surface area contributed by atoms with E-state index in [0.29, 0.717) is 12.4 Å². The van der Waals surface area contributed by atoms with Crippen LogP contribution >= 0.6 is 0 Å². The number of rotatable bonds is 6. The van der Waals surface area contributed by atoms with Crippen LogP contribution < -0.4 is 10.6 Å². The van der Waals surface area contributed by atoms with Gasteiger partial charge < -0.3 is 15.1 Å². The molecule has 2 rings (SSSR count). The maximum atomic E-state index is 11.7. The minimum atomic E-state index is -0.0968. The van der Waals surface area contributed by atoms with Gasteiger partial charge in [-0.2, -0.15) is 0 Å². The van der Waals surface area contributed by atoms with Crippen LogP contribution in [0.4, 0.5) is 5.69 Å². The number of amides is 1. The van der Waals surface area contributed by atoms with Crippen molar-refractivity contribution < 1.29 is 9.21 Å². The predicted octanol–water partition coefficient (Wildman–Crippen LogP) is 1.76. The van der Waals surface area contributed by atoms with Gasteiger partial charge in [-0.1, -0.05) is 6.08 Å². The third-order valence-electron chi connectivity index (χ3n) is 2.68. The zero-order chi connectivity index (χ0) is 14.4. The molecule has 1 aromatic carbocycles. The Hall–Kier alpha value is -2.47. The normalized spacial score (nSPS) is 10.2.